The number of carbonyl (C=O) groups is 1. The average molecular weight is 315 g/mol. The van der Waals surface area contributed by atoms with Crippen LogP contribution in [0.5, 0.6) is 0 Å². The number of nitrogens with one attached hydrogen (secondary N) is 1. The van der Waals surface area contributed by atoms with Crippen molar-refractivity contribution in [1.29, 1.82) is 0 Å². The van der Waals surface area contributed by atoms with Crippen LogP contribution in [0.15, 0.2) is 42.5 Å². The van der Waals surface area contributed by atoms with Crippen LogP contribution in [0.1, 0.15) is 30.9 Å². The fourth-order valence-corrected chi connectivity index (χ4v) is 3.05. The van der Waals surface area contributed by atoms with Gasteiger partial charge in [0.1, 0.15) is 0 Å². The zero-order valence-corrected chi connectivity index (χ0v) is 14.4. The quantitative estimate of drug-likeness (QED) is 0.749. The molecule has 1 amide bonds. The maximum Gasteiger partial charge on any atom is 0.243 e. The van der Waals surface area contributed by atoms with E-state index in [2.05, 4.69) is 40.5 Å². The second-order valence-corrected chi connectivity index (χ2v) is 6.41. The molecule has 1 aromatic rings. The average Bonchev–Trinajstić information content (AvgIpc) is 3.06. The Labute approximate surface area is 140 Å². The van der Waals surface area contributed by atoms with Crippen LogP contribution in [0.25, 0.3) is 0 Å². The van der Waals surface area contributed by atoms with Gasteiger partial charge in [0.2, 0.25) is 5.91 Å². The van der Waals surface area contributed by atoms with Gasteiger partial charge in [0, 0.05) is 25.2 Å². The Hall–Kier alpha value is -1.65. The molecule has 23 heavy (non-hydrogen) atoms. The van der Waals surface area contributed by atoms with Gasteiger partial charge >= 0.3 is 0 Å². The minimum Gasteiger partial charge on any atom is -0.352 e. The monoisotopic (exact) mass is 315 g/mol. The Morgan fingerprint density at radius 3 is 2.61 bits per heavy atom. The molecule has 1 aliphatic heterocycles. The fraction of sp³-hybridized carbons (Fsp3) is 0.526. The summed E-state index contributed by atoms with van der Waals surface area (Å²) in [4.78, 5) is 16.4. The van der Waals surface area contributed by atoms with E-state index in [-0.39, 0.29) is 5.91 Å². The molecular formula is C19H29N3O. The normalized spacial score (nSPS) is 17.0. The lowest BCUT2D eigenvalue weighted by Gasteiger charge is -2.28. The summed E-state index contributed by atoms with van der Waals surface area (Å²) in [7, 11) is 3.98. The summed E-state index contributed by atoms with van der Waals surface area (Å²) in [6.07, 6.45) is 7.04. The smallest absolute Gasteiger partial charge is 0.243 e. The zero-order valence-electron chi connectivity index (χ0n) is 14.4. The van der Waals surface area contributed by atoms with Gasteiger partial charge in [-0.05, 0) is 52.0 Å². The van der Waals surface area contributed by atoms with Crippen molar-refractivity contribution in [3.63, 3.8) is 0 Å². The third-order valence-electron chi connectivity index (χ3n) is 4.22. The Morgan fingerprint density at radius 1 is 1.26 bits per heavy atom. The Balaban J connectivity index is 1.84. The van der Waals surface area contributed by atoms with E-state index >= 15 is 0 Å². The first-order valence-electron chi connectivity index (χ1n) is 8.55. The molecule has 1 aliphatic rings. The molecular weight excluding hydrogens is 286 g/mol. The highest BCUT2D eigenvalue weighted by Gasteiger charge is 2.22. The van der Waals surface area contributed by atoms with E-state index in [4.69, 9.17) is 0 Å². The van der Waals surface area contributed by atoms with E-state index in [0.29, 0.717) is 12.6 Å². The number of likely N-dealkylation sites (tertiary alicyclic amines) is 1. The molecule has 1 N–H and O–H groups in total. The number of hydrogen-bond acceptors (Lipinski definition) is 3. The molecule has 2 rings (SSSR count). The number of nitrogens with zero attached hydrogens (tertiary/aromatic N) is 2. The summed E-state index contributed by atoms with van der Waals surface area (Å²) < 4.78 is 0. The minimum absolute atomic E-state index is 0.0000774. The van der Waals surface area contributed by atoms with E-state index < -0.39 is 0 Å². The summed E-state index contributed by atoms with van der Waals surface area (Å²) in [6, 6.07) is 11.1. The summed E-state index contributed by atoms with van der Waals surface area (Å²) in [5.41, 5.74) is 1.35. The minimum atomic E-state index is 0.0000774. The molecule has 4 nitrogen and oxygen atoms in total. The number of likely N-dealkylation sites (N-methyl/N-ethyl adjacent to an activating group) is 1. The first-order valence-corrected chi connectivity index (χ1v) is 8.55. The molecule has 1 aromatic carbocycles. The summed E-state index contributed by atoms with van der Waals surface area (Å²) >= 11 is 0. The van der Waals surface area contributed by atoms with Crippen LogP contribution in [0.3, 0.4) is 0 Å². The van der Waals surface area contributed by atoms with Gasteiger partial charge in [-0.1, -0.05) is 36.4 Å². The van der Waals surface area contributed by atoms with Crippen molar-refractivity contribution in [3.8, 4) is 0 Å². The molecule has 0 aliphatic carbocycles. The van der Waals surface area contributed by atoms with Gasteiger partial charge in [0.25, 0.3) is 0 Å². The molecule has 1 atom stereocenters. The lowest BCUT2D eigenvalue weighted by molar-refractivity contribution is -0.116. The Morgan fingerprint density at radius 2 is 1.96 bits per heavy atom. The molecule has 1 fully saturated rings. The van der Waals surface area contributed by atoms with E-state index in [1.807, 2.05) is 25.1 Å². The standard InChI is InChI=1S/C19H29N3O/c1-21(2)14-8-11-19(23)20-13-12-18(22-15-6-7-16-22)17-9-4-3-5-10-17/h3-5,8-11,18H,6-7,12-16H2,1-2H3,(H,20,23)/b11-8+. The van der Waals surface area contributed by atoms with Crippen molar-refractivity contribution in [2.75, 3.05) is 40.3 Å². The van der Waals surface area contributed by atoms with Gasteiger partial charge in [0.15, 0.2) is 0 Å². The summed E-state index contributed by atoms with van der Waals surface area (Å²) in [5.74, 6) is 0.0000774. The molecule has 126 valence electrons. The first kappa shape index (κ1) is 17.7. The fourth-order valence-electron chi connectivity index (χ4n) is 3.05. The van der Waals surface area contributed by atoms with Gasteiger partial charge in [-0.2, -0.15) is 0 Å². The number of hydrogen-bond donors (Lipinski definition) is 1. The Kier molecular flexibility index (Phi) is 7.30. The van der Waals surface area contributed by atoms with Crippen LogP contribution < -0.4 is 5.32 Å². The van der Waals surface area contributed by atoms with Crippen molar-refractivity contribution in [2.45, 2.75) is 25.3 Å². The van der Waals surface area contributed by atoms with Gasteiger partial charge in [-0.3, -0.25) is 9.69 Å². The van der Waals surface area contributed by atoms with Crippen LogP contribution in [0, 0.1) is 0 Å². The van der Waals surface area contributed by atoms with Gasteiger partial charge < -0.3 is 10.2 Å². The van der Waals surface area contributed by atoms with E-state index in [0.717, 1.165) is 26.1 Å². The lowest BCUT2D eigenvalue weighted by atomic mass is 10.0. The molecule has 0 saturated carbocycles. The highest BCUT2D eigenvalue weighted by Crippen LogP contribution is 2.27. The van der Waals surface area contributed by atoms with Crippen molar-refractivity contribution in [3.05, 3.63) is 48.0 Å². The second-order valence-electron chi connectivity index (χ2n) is 6.41. The molecule has 4 heteroatoms. The van der Waals surface area contributed by atoms with Gasteiger partial charge in [-0.15, -0.1) is 0 Å². The van der Waals surface area contributed by atoms with Crippen molar-refractivity contribution in [2.24, 2.45) is 0 Å². The third-order valence-corrected chi connectivity index (χ3v) is 4.22. The molecule has 1 heterocycles. The molecule has 1 unspecified atom stereocenters. The summed E-state index contributed by atoms with van der Waals surface area (Å²) in [6.45, 7) is 3.82. The first-order chi connectivity index (χ1) is 11.2. The maximum absolute atomic E-state index is 11.8. The van der Waals surface area contributed by atoms with Crippen molar-refractivity contribution < 1.29 is 4.79 Å². The lowest BCUT2D eigenvalue weighted by Crippen LogP contribution is -2.30. The molecule has 0 radical (unpaired) electrons. The van der Waals surface area contributed by atoms with E-state index in [9.17, 15) is 4.79 Å². The highest BCUT2D eigenvalue weighted by atomic mass is 16.1. The predicted molar refractivity (Wildman–Crippen MR) is 95.3 cm³/mol. The number of benzene rings is 1. The molecule has 1 saturated heterocycles. The van der Waals surface area contributed by atoms with Gasteiger partial charge in [0.05, 0.1) is 0 Å². The molecule has 0 spiro atoms. The van der Waals surface area contributed by atoms with Crippen LogP contribution in [-0.4, -0.2) is 56.0 Å². The second kappa shape index (κ2) is 9.48. The SMILES string of the molecule is CN(C)C/C=C/C(=O)NCCC(c1ccccc1)N1CCCC1. The predicted octanol–water partition coefficient (Wildman–Crippen LogP) is 2.45. The van der Waals surface area contributed by atoms with E-state index in [1.165, 1.54) is 18.4 Å². The van der Waals surface area contributed by atoms with Crippen LogP contribution in [-0.2, 0) is 4.79 Å². The topological polar surface area (TPSA) is 35.6 Å². The molecule has 0 bridgehead atoms. The zero-order chi connectivity index (χ0) is 16.5. The van der Waals surface area contributed by atoms with Crippen molar-refractivity contribution in [1.82, 2.24) is 15.1 Å². The third kappa shape index (κ3) is 6.16. The highest BCUT2D eigenvalue weighted by molar-refractivity contribution is 5.87. The van der Waals surface area contributed by atoms with Gasteiger partial charge in [-0.25, -0.2) is 0 Å². The van der Waals surface area contributed by atoms with E-state index in [1.54, 1.807) is 6.08 Å². The van der Waals surface area contributed by atoms with Crippen LogP contribution in [0.4, 0.5) is 0 Å². The number of rotatable bonds is 8. The summed E-state index contributed by atoms with van der Waals surface area (Å²) in [5, 5.41) is 3.01. The molecule has 0 aromatic heterocycles. The van der Waals surface area contributed by atoms with Crippen LogP contribution in [0.2, 0.25) is 0 Å². The number of amides is 1. The largest absolute Gasteiger partial charge is 0.352 e. The maximum atomic E-state index is 11.8. The Bertz CT molecular complexity index is 493. The number of carbonyl (C=O) groups excluding carboxylic acids is 1. The van der Waals surface area contributed by atoms with Crippen LogP contribution >= 0.6 is 0 Å². The van der Waals surface area contributed by atoms with Crippen molar-refractivity contribution >= 4 is 5.91 Å².